The van der Waals surface area contributed by atoms with E-state index in [1.807, 2.05) is 12.1 Å². The van der Waals surface area contributed by atoms with Gasteiger partial charge in [-0.25, -0.2) is 28.3 Å². The molecule has 18 heteroatoms. The van der Waals surface area contributed by atoms with Crippen molar-refractivity contribution in [2.24, 2.45) is 0 Å². The van der Waals surface area contributed by atoms with E-state index in [1.54, 1.807) is 90.2 Å². The topological polar surface area (TPSA) is 187 Å². The number of likely N-dealkylation sites (tertiary alicyclic amines) is 1. The normalized spacial score (nSPS) is 19.0. The Hall–Kier alpha value is -6.82. The first-order valence-corrected chi connectivity index (χ1v) is 22.2. The SMILES string of the molecule is COC(=O)N[C@@H](C(=O)N1CCC[C@H]1c1ncc(-c2cc(F)c(N3CCC(c4cnc([C@@H]5COCCN5C(=O)[C@H](NC(=O)OC(C)(C)C)c5ccccc5)[nH]4)CC3)c(F)c2)[nH]1)c1ccccc1. The Morgan fingerprint density at radius 1 is 0.758 bits per heavy atom. The summed E-state index contributed by atoms with van der Waals surface area (Å²) in [6, 6.07) is 17.5. The number of amides is 4. The highest BCUT2D eigenvalue weighted by Crippen LogP contribution is 2.38. The minimum absolute atomic E-state index is 0.0112. The minimum Gasteiger partial charge on any atom is -0.453 e. The van der Waals surface area contributed by atoms with Gasteiger partial charge in [-0.05, 0) is 69.7 Å². The van der Waals surface area contributed by atoms with Crippen molar-refractivity contribution in [3.8, 4) is 11.3 Å². The van der Waals surface area contributed by atoms with Gasteiger partial charge in [0.2, 0.25) is 0 Å². The maximum atomic E-state index is 16.0. The lowest BCUT2D eigenvalue weighted by Gasteiger charge is -2.37. The molecule has 0 saturated carbocycles. The smallest absolute Gasteiger partial charge is 0.408 e. The van der Waals surface area contributed by atoms with Crippen molar-refractivity contribution in [1.82, 2.24) is 40.4 Å². The van der Waals surface area contributed by atoms with Gasteiger partial charge >= 0.3 is 12.2 Å². The van der Waals surface area contributed by atoms with Crippen LogP contribution in [0.25, 0.3) is 11.3 Å². The Labute approximate surface area is 381 Å². The van der Waals surface area contributed by atoms with E-state index < -0.39 is 53.6 Å². The number of nitrogens with zero attached hydrogens (tertiary/aromatic N) is 5. The Kier molecular flexibility index (Phi) is 13.7. The fraction of sp³-hybridized carbons (Fsp3) is 0.417. The van der Waals surface area contributed by atoms with Crippen LogP contribution in [0.15, 0.2) is 85.2 Å². The summed E-state index contributed by atoms with van der Waals surface area (Å²) in [6.07, 6.45) is 4.28. The number of aromatic nitrogens is 4. The number of hydrogen-bond donors (Lipinski definition) is 4. The van der Waals surface area contributed by atoms with Crippen LogP contribution in [0.5, 0.6) is 0 Å². The van der Waals surface area contributed by atoms with Crippen molar-refractivity contribution < 1.29 is 42.2 Å². The molecule has 0 spiro atoms. The first kappa shape index (κ1) is 45.7. The second-order valence-corrected chi connectivity index (χ2v) is 17.7. The van der Waals surface area contributed by atoms with E-state index >= 15 is 8.78 Å². The lowest BCUT2D eigenvalue weighted by atomic mass is 9.93. The number of carbonyl (C=O) groups is 4. The molecule has 5 heterocycles. The van der Waals surface area contributed by atoms with Crippen LogP contribution in [-0.4, -0.2) is 106 Å². The van der Waals surface area contributed by atoms with Crippen LogP contribution >= 0.6 is 0 Å². The Bertz CT molecular complexity index is 2480. The number of nitrogens with one attached hydrogen (secondary N) is 4. The van der Waals surface area contributed by atoms with Gasteiger partial charge in [0.15, 0.2) is 0 Å². The molecule has 66 heavy (non-hydrogen) atoms. The number of piperidine rings is 1. The lowest BCUT2D eigenvalue weighted by molar-refractivity contribution is -0.143. The van der Waals surface area contributed by atoms with Crippen molar-refractivity contribution in [1.29, 1.82) is 0 Å². The summed E-state index contributed by atoms with van der Waals surface area (Å²) in [5.74, 6) is -1.06. The second-order valence-electron chi connectivity index (χ2n) is 17.7. The van der Waals surface area contributed by atoms with Crippen LogP contribution in [0.1, 0.15) is 105 Å². The van der Waals surface area contributed by atoms with E-state index in [1.165, 1.54) is 25.4 Å². The maximum Gasteiger partial charge on any atom is 0.408 e. The van der Waals surface area contributed by atoms with Gasteiger partial charge in [-0.3, -0.25) is 9.59 Å². The standard InChI is InChI=1S/C48H55F2N9O7/c1-48(2,3)66-47(63)56-40(31-14-9-6-10-15-31)45(61)59-22-23-65-28-38(59)43-52-26-35(53-43)29-17-20-57(21-18-29)41-33(49)24-32(25-34(41)50)36-27-51-42(54-36)37-16-11-19-58(37)44(60)39(55-46(62)64-4)30-12-7-5-8-13-30/h5-10,12-15,24-27,29,37-40H,11,16-23,28H2,1-4H3,(H,51,54)(H,52,53)(H,55,62)(H,56,63)/t37-,38-,39+,40+/m0/s1. The zero-order valence-corrected chi connectivity index (χ0v) is 37.4. The molecular formula is C48H55F2N9O7. The summed E-state index contributed by atoms with van der Waals surface area (Å²) in [4.78, 5) is 74.2. The molecule has 3 saturated heterocycles. The minimum atomic E-state index is -1.01. The molecule has 3 aliphatic rings. The largest absolute Gasteiger partial charge is 0.453 e. The molecule has 16 nitrogen and oxygen atoms in total. The molecule has 4 amide bonds. The number of morpholine rings is 1. The van der Waals surface area contributed by atoms with Crippen molar-refractivity contribution >= 4 is 29.7 Å². The molecule has 4 atom stereocenters. The highest BCUT2D eigenvalue weighted by atomic mass is 19.1. The summed E-state index contributed by atoms with van der Waals surface area (Å²) in [7, 11) is 1.23. The lowest BCUT2D eigenvalue weighted by Crippen LogP contribution is -2.49. The van der Waals surface area contributed by atoms with Gasteiger partial charge in [-0.15, -0.1) is 0 Å². The molecule has 3 fully saturated rings. The number of benzene rings is 3. The molecule has 0 bridgehead atoms. The average Bonchev–Trinajstić information content (AvgIpc) is 4.12. The monoisotopic (exact) mass is 907 g/mol. The summed E-state index contributed by atoms with van der Waals surface area (Å²) in [5.41, 5.74) is 1.85. The Morgan fingerprint density at radius 3 is 1.94 bits per heavy atom. The number of halogens is 2. The number of rotatable bonds is 11. The Morgan fingerprint density at radius 2 is 1.33 bits per heavy atom. The number of hydrogen-bond acceptors (Lipinski definition) is 10. The summed E-state index contributed by atoms with van der Waals surface area (Å²) in [5, 5.41) is 5.42. The zero-order chi connectivity index (χ0) is 46.5. The van der Waals surface area contributed by atoms with E-state index in [-0.39, 0.29) is 42.1 Å². The summed E-state index contributed by atoms with van der Waals surface area (Å²) >= 11 is 0. The zero-order valence-electron chi connectivity index (χ0n) is 37.4. The number of H-pyrrole nitrogens is 2. The van der Waals surface area contributed by atoms with Crippen LogP contribution < -0.4 is 15.5 Å². The van der Waals surface area contributed by atoms with E-state index in [0.29, 0.717) is 80.4 Å². The third-order valence-electron chi connectivity index (χ3n) is 12.2. The third-order valence-corrected chi connectivity index (χ3v) is 12.2. The van der Waals surface area contributed by atoms with Gasteiger partial charge in [0.1, 0.15) is 52.7 Å². The van der Waals surface area contributed by atoms with E-state index in [9.17, 15) is 19.2 Å². The molecular weight excluding hydrogens is 853 g/mol. The van der Waals surface area contributed by atoms with E-state index in [0.717, 1.165) is 5.69 Å². The van der Waals surface area contributed by atoms with Gasteiger partial charge in [0, 0.05) is 49.6 Å². The molecule has 3 aromatic carbocycles. The van der Waals surface area contributed by atoms with Crippen molar-refractivity contribution in [2.75, 3.05) is 51.4 Å². The van der Waals surface area contributed by atoms with Crippen LogP contribution in [0.4, 0.5) is 24.1 Å². The molecule has 8 rings (SSSR count). The number of aromatic amines is 2. The first-order valence-electron chi connectivity index (χ1n) is 22.2. The summed E-state index contributed by atoms with van der Waals surface area (Å²) < 4.78 is 48.1. The highest BCUT2D eigenvalue weighted by molar-refractivity contribution is 5.88. The second kappa shape index (κ2) is 19.7. The van der Waals surface area contributed by atoms with Crippen molar-refractivity contribution in [2.45, 2.75) is 82.1 Å². The highest BCUT2D eigenvalue weighted by Gasteiger charge is 2.39. The fourth-order valence-electron chi connectivity index (χ4n) is 9.03. The van der Waals surface area contributed by atoms with E-state index in [4.69, 9.17) is 14.2 Å². The predicted molar refractivity (Wildman–Crippen MR) is 239 cm³/mol. The van der Waals surface area contributed by atoms with Crippen LogP contribution in [0.3, 0.4) is 0 Å². The number of ether oxygens (including phenoxy) is 3. The van der Waals surface area contributed by atoms with Crippen LogP contribution in [0, 0.1) is 11.6 Å². The average molecular weight is 908 g/mol. The molecule has 3 aliphatic heterocycles. The molecule has 2 aromatic heterocycles. The van der Waals surface area contributed by atoms with Gasteiger partial charge in [0.05, 0.1) is 38.3 Å². The maximum absolute atomic E-state index is 16.0. The molecule has 0 aliphatic carbocycles. The quantitative estimate of drug-likeness (QED) is 0.104. The van der Waals surface area contributed by atoms with Gasteiger partial charge < -0.3 is 49.5 Å². The first-order chi connectivity index (χ1) is 31.8. The molecule has 348 valence electrons. The predicted octanol–water partition coefficient (Wildman–Crippen LogP) is 7.39. The molecule has 5 aromatic rings. The molecule has 0 radical (unpaired) electrons. The van der Waals surface area contributed by atoms with E-state index in [2.05, 4.69) is 30.6 Å². The third kappa shape index (κ3) is 10.2. The van der Waals surface area contributed by atoms with Crippen molar-refractivity contribution in [3.05, 3.63) is 125 Å². The summed E-state index contributed by atoms with van der Waals surface area (Å²) in [6.45, 7) is 7.25. The number of imidazole rings is 2. The van der Waals surface area contributed by atoms with Gasteiger partial charge in [-0.2, -0.15) is 0 Å². The molecule has 0 unspecified atom stereocenters. The number of carbonyl (C=O) groups excluding carboxylic acids is 4. The van der Waals surface area contributed by atoms with Gasteiger partial charge in [-0.1, -0.05) is 60.7 Å². The van der Waals surface area contributed by atoms with Crippen molar-refractivity contribution in [3.63, 3.8) is 0 Å². The number of methoxy groups -OCH3 is 1. The molecule has 4 N–H and O–H groups in total. The Balaban J connectivity index is 0.918. The van der Waals surface area contributed by atoms with Gasteiger partial charge in [0.25, 0.3) is 11.8 Å². The van der Waals surface area contributed by atoms with Crippen LogP contribution in [-0.2, 0) is 23.8 Å². The van der Waals surface area contributed by atoms with Crippen LogP contribution in [0.2, 0.25) is 0 Å². The number of anilines is 1. The number of alkyl carbamates (subject to hydrolysis) is 2. The fourth-order valence-corrected chi connectivity index (χ4v) is 9.03.